The molecular weight excluding hydrogens is 570 g/mol. The Labute approximate surface area is 262 Å². The summed E-state index contributed by atoms with van der Waals surface area (Å²) >= 11 is 0. The van der Waals surface area contributed by atoms with Crippen LogP contribution in [0, 0.1) is 0 Å². The largest absolute Gasteiger partial charge is 0.392 e. The van der Waals surface area contributed by atoms with Gasteiger partial charge in [0.25, 0.3) is 5.91 Å². The molecule has 3 atom stereocenters. The van der Waals surface area contributed by atoms with Crippen LogP contribution >= 0.6 is 0 Å². The van der Waals surface area contributed by atoms with Crippen molar-refractivity contribution in [3.63, 3.8) is 0 Å². The van der Waals surface area contributed by atoms with E-state index in [2.05, 4.69) is 25.1 Å². The van der Waals surface area contributed by atoms with E-state index < -0.39 is 6.29 Å². The Morgan fingerprint density at radius 2 is 1.60 bits per heavy atom. The van der Waals surface area contributed by atoms with Crippen LogP contribution in [0.1, 0.15) is 63.1 Å². The Kier molecular flexibility index (Phi) is 9.56. The Hall–Kier alpha value is -4.48. The molecule has 3 aromatic carbocycles. The molecule has 1 aromatic heterocycles. The number of rotatable bonds is 9. The lowest BCUT2D eigenvalue weighted by atomic mass is 9.99. The van der Waals surface area contributed by atoms with Crippen molar-refractivity contribution in [2.75, 3.05) is 42.9 Å². The molecule has 0 spiro atoms. The minimum Gasteiger partial charge on any atom is -0.392 e. The number of amides is 1. The van der Waals surface area contributed by atoms with Crippen LogP contribution in [0.4, 0.5) is 11.6 Å². The molecule has 6 rings (SSSR count). The summed E-state index contributed by atoms with van der Waals surface area (Å²) in [6, 6.07) is 23.8. The van der Waals surface area contributed by atoms with Gasteiger partial charge >= 0.3 is 0 Å². The summed E-state index contributed by atoms with van der Waals surface area (Å²) in [5.74, 6) is 0.393. The lowest BCUT2D eigenvalue weighted by molar-refractivity contribution is -0.253. The van der Waals surface area contributed by atoms with Crippen molar-refractivity contribution in [1.82, 2.24) is 14.9 Å². The Balaban J connectivity index is 1.18. The van der Waals surface area contributed by atoms with E-state index in [1.54, 1.807) is 48.8 Å². The monoisotopic (exact) mass is 607 g/mol. The van der Waals surface area contributed by atoms with Crippen molar-refractivity contribution >= 4 is 23.3 Å². The zero-order valence-electron chi connectivity index (χ0n) is 25.2. The van der Waals surface area contributed by atoms with Gasteiger partial charge in [-0.1, -0.05) is 48.5 Å². The fourth-order valence-corrected chi connectivity index (χ4v) is 5.75. The molecule has 2 N–H and O–H groups in total. The second kappa shape index (κ2) is 14.1. The molecule has 0 aliphatic carbocycles. The van der Waals surface area contributed by atoms with Crippen LogP contribution in [-0.2, 0) is 16.1 Å². The predicted molar refractivity (Wildman–Crippen MR) is 170 cm³/mol. The molecule has 2 aliphatic rings. The number of aliphatic hydroxyl groups excluding tert-OH is 1. The maximum atomic E-state index is 13.2. The number of ketones is 1. The van der Waals surface area contributed by atoms with Crippen molar-refractivity contribution in [1.29, 1.82) is 0 Å². The Morgan fingerprint density at radius 1 is 0.867 bits per heavy atom. The van der Waals surface area contributed by atoms with E-state index in [9.17, 15) is 14.7 Å². The lowest BCUT2D eigenvalue weighted by Crippen LogP contribution is -2.50. The minimum atomic E-state index is -0.681. The number of hydrogen-bond donors (Lipinski definition) is 2. The second-order valence-corrected chi connectivity index (χ2v) is 11.4. The van der Waals surface area contributed by atoms with Crippen LogP contribution in [0.3, 0.4) is 0 Å². The third-order valence-corrected chi connectivity index (χ3v) is 8.23. The Morgan fingerprint density at radius 3 is 2.33 bits per heavy atom. The van der Waals surface area contributed by atoms with Gasteiger partial charge in [-0.2, -0.15) is 0 Å². The standard InChI is InChI=1S/C35H37N5O5/c1-24(42)27-5-3-8-30(20-27)38-33(43)28-6-2-7-29(19-28)34-44-31(21-32(45-34)26-11-9-25(23-41)10-12-26)22-39-15-17-40(18-16-39)35-36-13-4-14-37-35/h2-14,19-20,31-32,34,41H,15-18,21-23H2,1H3,(H,38,43). The molecule has 2 aliphatic heterocycles. The highest BCUT2D eigenvalue weighted by Crippen LogP contribution is 2.38. The molecule has 0 bridgehead atoms. The zero-order chi connectivity index (χ0) is 31.2. The molecule has 0 radical (unpaired) electrons. The number of hydrogen-bond acceptors (Lipinski definition) is 9. The predicted octanol–water partition coefficient (Wildman–Crippen LogP) is 4.79. The van der Waals surface area contributed by atoms with Gasteiger partial charge in [0.2, 0.25) is 5.95 Å². The van der Waals surface area contributed by atoms with Gasteiger partial charge in [0.15, 0.2) is 12.1 Å². The van der Waals surface area contributed by atoms with Crippen molar-refractivity contribution in [3.05, 3.63) is 119 Å². The van der Waals surface area contributed by atoms with Crippen molar-refractivity contribution in [3.8, 4) is 0 Å². The number of nitrogens with zero attached hydrogens (tertiary/aromatic N) is 4. The highest BCUT2D eigenvalue weighted by molar-refractivity contribution is 6.05. The van der Waals surface area contributed by atoms with Crippen molar-refractivity contribution in [2.24, 2.45) is 0 Å². The van der Waals surface area contributed by atoms with E-state index in [0.717, 1.165) is 55.4 Å². The summed E-state index contributed by atoms with van der Waals surface area (Å²) in [7, 11) is 0. The number of carbonyl (C=O) groups excluding carboxylic acids is 2. The highest BCUT2D eigenvalue weighted by atomic mass is 16.7. The minimum absolute atomic E-state index is 0.0198. The maximum absolute atomic E-state index is 13.2. The molecule has 1 amide bonds. The van der Waals surface area contributed by atoms with Crippen LogP contribution in [0.5, 0.6) is 0 Å². The SMILES string of the molecule is CC(=O)c1cccc(NC(=O)c2cccc(C3OC(CN4CCN(c5ncccn5)CC4)CC(c4ccc(CO)cc4)O3)c2)c1. The summed E-state index contributed by atoms with van der Waals surface area (Å²) in [5.41, 5.74) is 4.13. The fourth-order valence-electron chi connectivity index (χ4n) is 5.75. The van der Waals surface area contributed by atoms with Crippen LogP contribution in [-0.4, -0.2) is 70.5 Å². The number of Topliss-reactive ketones (excluding diaryl/α,β-unsaturated/α-hetero) is 1. The van der Waals surface area contributed by atoms with Gasteiger partial charge in [0, 0.05) is 73.9 Å². The van der Waals surface area contributed by atoms with Crippen LogP contribution in [0.15, 0.2) is 91.3 Å². The van der Waals surface area contributed by atoms with Gasteiger partial charge in [-0.05, 0) is 48.4 Å². The van der Waals surface area contributed by atoms with Gasteiger partial charge in [0.1, 0.15) is 0 Å². The van der Waals surface area contributed by atoms with E-state index in [4.69, 9.17) is 9.47 Å². The first kappa shape index (κ1) is 30.5. The lowest BCUT2D eigenvalue weighted by Gasteiger charge is -2.40. The van der Waals surface area contributed by atoms with Gasteiger partial charge in [-0.15, -0.1) is 0 Å². The summed E-state index contributed by atoms with van der Waals surface area (Å²) in [4.78, 5) is 38.4. The van der Waals surface area contributed by atoms with E-state index in [1.165, 1.54) is 6.92 Å². The van der Waals surface area contributed by atoms with Crippen LogP contribution in [0.25, 0.3) is 0 Å². The zero-order valence-corrected chi connectivity index (χ0v) is 25.2. The number of carbonyl (C=O) groups is 2. The molecule has 0 saturated carbocycles. The normalized spacial score (nSPS) is 20.5. The molecular formula is C35H37N5O5. The van der Waals surface area contributed by atoms with E-state index in [1.807, 2.05) is 42.5 Å². The van der Waals surface area contributed by atoms with E-state index >= 15 is 0 Å². The number of aliphatic hydroxyl groups is 1. The first-order valence-electron chi connectivity index (χ1n) is 15.2. The molecule has 232 valence electrons. The summed E-state index contributed by atoms with van der Waals surface area (Å²) in [6.45, 7) is 5.59. The van der Waals surface area contributed by atoms with E-state index in [-0.39, 0.29) is 30.5 Å². The number of piperazine rings is 1. The van der Waals surface area contributed by atoms with Crippen molar-refractivity contribution < 1.29 is 24.2 Å². The molecule has 10 heteroatoms. The van der Waals surface area contributed by atoms with Gasteiger partial charge in [0.05, 0.1) is 18.8 Å². The smallest absolute Gasteiger partial charge is 0.255 e. The molecule has 10 nitrogen and oxygen atoms in total. The van der Waals surface area contributed by atoms with Gasteiger partial charge in [-0.25, -0.2) is 9.97 Å². The van der Waals surface area contributed by atoms with Gasteiger partial charge < -0.3 is 24.8 Å². The van der Waals surface area contributed by atoms with Crippen molar-refractivity contribution in [2.45, 2.75) is 38.4 Å². The third-order valence-electron chi connectivity index (χ3n) is 8.23. The average molecular weight is 608 g/mol. The summed E-state index contributed by atoms with van der Waals surface area (Å²) in [6.07, 6.45) is 3.18. The van der Waals surface area contributed by atoms with Crippen LogP contribution in [0.2, 0.25) is 0 Å². The summed E-state index contributed by atoms with van der Waals surface area (Å²) in [5, 5.41) is 12.4. The number of benzene rings is 3. The third kappa shape index (κ3) is 7.61. The molecule has 4 aromatic rings. The highest BCUT2D eigenvalue weighted by Gasteiger charge is 2.34. The second-order valence-electron chi connectivity index (χ2n) is 11.4. The molecule has 45 heavy (non-hydrogen) atoms. The maximum Gasteiger partial charge on any atom is 0.255 e. The van der Waals surface area contributed by atoms with E-state index in [0.29, 0.717) is 23.2 Å². The molecule has 3 unspecified atom stereocenters. The topological polar surface area (TPSA) is 117 Å². The average Bonchev–Trinajstić information content (AvgIpc) is 3.09. The molecule has 2 saturated heterocycles. The Bertz CT molecular complexity index is 1610. The summed E-state index contributed by atoms with van der Waals surface area (Å²) < 4.78 is 13.1. The number of anilines is 2. The first-order valence-corrected chi connectivity index (χ1v) is 15.2. The first-order chi connectivity index (χ1) is 21.9. The number of aromatic nitrogens is 2. The number of ether oxygens (including phenoxy) is 2. The molecule has 2 fully saturated rings. The quantitative estimate of drug-likeness (QED) is 0.259. The molecule has 3 heterocycles. The van der Waals surface area contributed by atoms with Gasteiger partial charge in [-0.3, -0.25) is 14.5 Å². The number of nitrogens with one attached hydrogen (secondary N) is 1. The van der Waals surface area contributed by atoms with Crippen LogP contribution < -0.4 is 10.2 Å². The fraction of sp³-hybridized carbons (Fsp3) is 0.314.